The average molecular weight is 374 g/mol. The summed E-state index contributed by atoms with van der Waals surface area (Å²) in [5, 5.41) is 0. The van der Waals surface area contributed by atoms with E-state index in [9.17, 15) is 4.79 Å². The number of hydrogen-bond acceptors (Lipinski definition) is 5. The molecule has 3 aliphatic rings. The van der Waals surface area contributed by atoms with Crippen molar-refractivity contribution in [3.8, 4) is 11.5 Å². The second-order valence-corrected chi connectivity index (χ2v) is 8.64. The number of nitrogens with zero attached hydrogens (tertiary/aromatic N) is 1. The summed E-state index contributed by atoms with van der Waals surface area (Å²) >= 11 is 0. The third kappa shape index (κ3) is 3.09. The molecule has 0 saturated carbocycles. The zero-order valence-electron chi connectivity index (χ0n) is 16.6. The van der Waals surface area contributed by atoms with E-state index in [1.54, 1.807) is 14.0 Å². The molecule has 5 atom stereocenters. The van der Waals surface area contributed by atoms with Gasteiger partial charge in [0, 0.05) is 30.5 Å². The highest BCUT2D eigenvalue weighted by Gasteiger charge is 2.52. The van der Waals surface area contributed by atoms with Crippen LogP contribution >= 0.6 is 0 Å². The molecule has 1 aromatic rings. The van der Waals surface area contributed by atoms with E-state index in [4.69, 9.17) is 19.9 Å². The van der Waals surface area contributed by atoms with Crippen LogP contribution in [0.2, 0.25) is 0 Å². The molecule has 6 heteroatoms. The van der Waals surface area contributed by atoms with Crippen molar-refractivity contribution in [1.29, 1.82) is 0 Å². The molecule has 148 valence electrons. The van der Waals surface area contributed by atoms with Crippen LogP contribution in [0, 0.1) is 11.8 Å². The van der Waals surface area contributed by atoms with Crippen LogP contribution in [0.25, 0.3) is 0 Å². The Labute approximate surface area is 160 Å². The Kier molecular flexibility index (Phi) is 4.59. The van der Waals surface area contributed by atoms with Gasteiger partial charge in [0.25, 0.3) is 0 Å². The van der Waals surface area contributed by atoms with Gasteiger partial charge in [-0.2, -0.15) is 0 Å². The number of amides is 1. The highest BCUT2D eigenvalue weighted by molar-refractivity contribution is 5.81. The van der Waals surface area contributed by atoms with Crippen molar-refractivity contribution < 1.29 is 19.0 Å². The zero-order valence-corrected chi connectivity index (χ0v) is 16.6. The number of fused-ring (bicyclic) bond motifs is 4. The Hall–Kier alpha value is -1.79. The molecule has 1 aromatic carbocycles. The molecule has 0 spiro atoms. The number of nitrogens with two attached hydrogens (primary N) is 1. The molecule has 0 aromatic heterocycles. The number of piperidine rings is 1. The summed E-state index contributed by atoms with van der Waals surface area (Å²) in [5.41, 5.74) is 6.52. The predicted molar refractivity (Wildman–Crippen MR) is 102 cm³/mol. The number of methoxy groups -OCH3 is 1. The van der Waals surface area contributed by atoms with E-state index in [1.165, 1.54) is 0 Å². The van der Waals surface area contributed by atoms with Gasteiger partial charge in [-0.1, -0.05) is 12.1 Å². The van der Waals surface area contributed by atoms with Gasteiger partial charge in [0.15, 0.2) is 11.5 Å². The van der Waals surface area contributed by atoms with E-state index in [0.717, 1.165) is 36.4 Å². The lowest BCUT2D eigenvalue weighted by atomic mass is 9.70. The molecular weight excluding hydrogens is 344 g/mol. The molecule has 0 aliphatic carbocycles. The molecular formula is C21H30N2O4. The van der Waals surface area contributed by atoms with Gasteiger partial charge in [0.2, 0.25) is 5.91 Å². The van der Waals surface area contributed by atoms with Crippen molar-refractivity contribution in [2.45, 2.75) is 57.5 Å². The summed E-state index contributed by atoms with van der Waals surface area (Å²) < 4.78 is 18.6. The van der Waals surface area contributed by atoms with Crippen LogP contribution in [-0.2, 0) is 9.53 Å². The fourth-order valence-electron chi connectivity index (χ4n) is 4.94. The molecule has 1 amide bonds. The Morgan fingerprint density at radius 2 is 2.19 bits per heavy atom. The normalized spacial score (nSPS) is 32.4. The summed E-state index contributed by atoms with van der Waals surface area (Å²) in [6.45, 7) is 7.43. The third-order valence-corrected chi connectivity index (χ3v) is 6.40. The zero-order chi connectivity index (χ0) is 19.3. The van der Waals surface area contributed by atoms with Gasteiger partial charge < -0.3 is 24.8 Å². The van der Waals surface area contributed by atoms with Crippen LogP contribution in [0.15, 0.2) is 18.2 Å². The Morgan fingerprint density at radius 1 is 1.41 bits per heavy atom. The van der Waals surface area contributed by atoms with Crippen LogP contribution in [0.1, 0.15) is 45.3 Å². The monoisotopic (exact) mass is 374 g/mol. The number of likely N-dealkylation sites (tertiary alicyclic amines) is 1. The van der Waals surface area contributed by atoms with Crippen molar-refractivity contribution in [1.82, 2.24) is 4.90 Å². The van der Waals surface area contributed by atoms with Crippen molar-refractivity contribution in [3.63, 3.8) is 0 Å². The minimum Gasteiger partial charge on any atom is -0.493 e. The minimum atomic E-state index is -0.451. The quantitative estimate of drug-likeness (QED) is 0.861. The molecule has 6 nitrogen and oxygen atoms in total. The lowest BCUT2D eigenvalue weighted by Crippen LogP contribution is -2.57. The Morgan fingerprint density at radius 3 is 2.89 bits per heavy atom. The van der Waals surface area contributed by atoms with Gasteiger partial charge in [0.1, 0.15) is 5.60 Å². The summed E-state index contributed by atoms with van der Waals surface area (Å²) in [6.07, 6.45) is 1.99. The van der Waals surface area contributed by atoms with Crippen molar-refractivity contribution in [3.05, 3.63) is 23.8 Å². The number of carbonyl (C=O) groups is 1. The van der Waals surface area contributed by atoms with E-state index in [0.29, 0.717) is 12.5 Å². The molecule has 0 radical (unpaired) electrons. The maximum absolute atomic E-state index is 12.3. The number of para-hydroxylation sites is 1. The van der Waals surface area contributed by atoms with E-state index < -0.39 is 6.04 Å². The lowest BCUT2D eigenvalue weighted by molar-refractivity contribution is -0.189. The summed E-state index contributed by atoms with van der Waals surface area (Å²) in [5.74, 6) is 2.13. The molecule has 3 aliphatic heterocycles. The molecule has 4 rings (SSSR count). The largest absolute Gasteiger partial charge is 0.493 e. The summed E-state index contributed by atoms with van der Waals surface area (Å²) in [7, 11) is 1.67. The Balaban J connectivity index is 1.61. The second-order valence-electron chi connectivity index (χ2n) is 8.64. The van der Waals surface area contributed by atoms with E-state index >= 15 is 0 Å². The van der Waals surface area contributed by atoms with Crippen molar-refractivity contribution in [2.75, 3.05) is 20.2 Å². The van der Waals surface area contributed by atoms with Crippen LogP contribution in [0.3, 0.4) is 0 Å². The smallest absolute Gasteiger partial charge is 0.239 e. The van der Waals surface area contributed by atoms with Crippen LogP contribution in [-0.4, -0.2) is 48.8 Å². The van der Waals surface area contributed by atoms with Crippen LogP contribution < -0.4 is 15.2 Å². The highest BCUT2D eigenvalue weighted by Crippen LogP contribution is 2.55. The second kappa shape index (κ2) is 6.67. The molecule has 2 N–H and O–H groups in total. The molecule has 0 bridgehead atoms. The van der Waals surface area contributed by atoms with Gasteiger partial charge in [-0.3, -0.25) is 4.79 Å². The maximum Gasteiger partial charge on any atom is 0.239 e. The third-order valence-electron chi connectivity index (χ3n) is 6.40. The molecule has 2 fully saturated rings. The minimum absolute atomic E-state index is 0.00390. The fourth-order valence-corrected chi connectivity index (χ4v) is 4.94. The number of rotatable bonds is 2. The van der Waals surface area contributed by atoms with Crippen molar-refractivity contribution >= 4 is 5.91 Å². The first-order valence-corrected chi connectivity index (χ1v) is 9.87. The van der Waals surface area contributed by atoms with Gasteiger partial charge in [-0.25, -0.2) is 0 Å². The summed E-state index contributed by atoms with van der Waals surface area (Å²) in [6, 6.07) is 5.56. The predicted octanol–water partition coefficient (Wildman–Crippen LogP) is 2.51. The Bertz CT molecular complexity index is 733. The standard InChI is InChI=1S/C21H30N2O4/c1-12(22)20(24)23-9-8-16-13(11-23)10-15-18(26-16)14-6-5-7-17(25-4)19(14)27-21(15,2)3/h5-7,12-13,15-16,18H,8-11,22H2,1-4H3/t12-,13-,15+,16+,18-/m1/s1. The average Bonchev–Trinajstić information content (AvgIpc) is 2.65. The highest BCUT2D eigenvalue weighted by atomic mass is 16.5. The summed E-state index contributed by atoms with van der Waals surface area (Å²) in [4.78, 5) is 14.2. The number of hydrogen-bond donors (Lipinski definition) is 1. The first-order chi connectivity index (χ1) is 12.8. The molecule has 2 saturated heterocycles. The van der Waals surface area contributed by atoms with Crippen molar-refractivity contribution in [2.24, 2.45) is 17.6 Å². The van der Waals surface area contributed by atoms with E-state index in [-0.39, 0.29) is 29.6 Å². The van der Waals surface area contributed by atoms with Gasteiger partial charge in [-0.15, -0.1) is 0 Å². The number of carbonyl (C=O) groups excluding carboxylic acids is 1. The molecule has 0 unspecified atom stereocenters. The first kappa shape index (κ1) is 18.6. The fraction of sp³-hybridized carbons (Fsp3) is 0.667. The maximum atomic E-state index is 12.3. The van der Waals surface area contributed by atoms with Gasteiger partial charge >= 0.3 is 0 Å². The number of ether oxygens (including phenoxy) is 3. The van der Waals surface area contributed by atoms with Gasteiger partial charge in [0.05, 0.1) is 25.4 Å². The molecule has 27 heavy (non-hydrogen) atoms. The van der Waals surface area contributed by atoms with Crippen LogP contribution in [0.4, 0.5) is 0 Å². The number of benzene rings is 1. The van der Waals surface area contributed by atoms with E-state index in [2.05, 4.69) is 19.9 Å². The molecule has 3 heterocycles. The van der Waals surface area contributed by atoms with E-state index in [1.807, 2.05) is 17.0 Å². The topological polar surface area (TPSA) is 74.0 Å². The lowest BCUT2D eigenvalue weighted by Gasteiger charge is -2.53. The van der Waals surface area contributed by atoms with Crippen LogP contribution in [0.5, 0.6) is 11.5 Å². The van der Waals surface area contributed by atoms with Gasteiger partial charge in [-0.05, 0) is 39.7 Å². The first-order valence-electron chi connectivity index (χ1n) is 9.87. The SMILES string of the molecule is COc1cccc2c1OC(C)(C)[C@H]1C[C@@H]3CN(C(=O)[C@@H](C)N)CC[C@@H]3O[C@H]21.